The van der Waals surface area contributed by atoms with Gasteiger partial charge in [0.05, 0.1) is 30.3 Å². The lowest BCUT2D eigenvalue weighted by atomic mass is 9.83. The van der Waals surface area contributed by atoms with Crippen molar-refractivity contribution >= 4 is 28.5 Å². The first kappa shape index (κ1) is 25.7. The molecule has 2 aliphatic rings. The van der Waals surface area contributed by atoms with Crippen LogP contribution in [0.4, 0.5) is 10.1 Å². The Morgan fingerprint density at radius 1 is 0.857 bits per heavy atom. The monoisotopic (exact) mass is 560 g/mol. The molecule has 208 valence electrons. The molecule has 5 aromatic rings. The van der Waals surface area contributed by atoms with Crippen LogP contribution in [0.1, 0.15) is 38.4 Å². The summed E-state index contributed by atoms with van der Waals surface area (Å²) in [5, 5.41) is -0.0327. The molecule has 7 nitrogen and oxygen atoms in total. The van der Waals surface area contributed by atoms with Crippen molar-refractivity contribution in [2.45, 2.75) is 25.6 Å². The van der Waals surface area contributed by atoms with Crippen LogP contribution in [0.25, 0.3) is 11.0 Å². The Morgan fingerprint density at radius 3 is 2.40 bits per heavy atom. The zero-order valence-electron chi connectivity index (χ0n) is 22.9. The van der Waals surface area contributed by atoms with E-state index >= 15 is 0 Å². The average Bonchev–Trinajstić information content (AvgIpc) is 3.38. The van der Waals surface area contributed by atoms with E-state index in [9.17, 15) is 18.8 Å². The molecule has 0 N–H and O–H groups in total. The number of para-hydroxylation sites is 1. The highest BCUT2D eigenvalue weighted by molar-refractivity contribution is 6.17. The second-order valence-electron chi connectivity index (χ2n) is 10.6. The topological polar surface area (TPSA) is 80.1 Å². The predicted octanol–water partition coefficient (Wildman–Crippen LogP) is 5.70. The van der Waals surface area contributed by atoms with E-state index in [4.69, 9.17) is 9.15 Å². The normalized spacial score (nSPS) is 17.3. The maximum atomic E-state index is 14.9. The second-order valence-corrected chi connectivity index (χ2v) is 10.6. The number of carbonyl (C=O) groups is 2. The molecular formula is C34H25FN2O5. The van der Waals surface area contributed by atoms with Gasteiger partial charge in [0, 0.05) is 12.1 Å². The van der Waals surface area contributed by atoms with Crippen LogP contribution in [0.5, 0.6) is 5.75 Å². The van der Waals surface area contributed by atoms with E-state index in [1.165, 1.54) is 17.0 Å². The predicted molar refractivity (Wildman–Crippen MR) is 155 cm³/mol. The highest BCUT2D eigenvalue weighted by atomic mass is 19.1. The van der Waals surface area contributed by atoms with Crippen LogP contribution in [0.3, 0.4) is 0 Å². The molecule has 1 spiro atoms. The van der Waals surface area contributed by atoms with Crippen molar-refractivity contribution in [1.29, 1.82) is 0 Å². The first-order chi connectivity index (χ1) is 20.3. The van der Waals surface area contributed by atoms with Crippen LogP contribution >= 0.6 is 0 Å². The van der Waals surface area contributed by atoms with Crippen molar-refractivity contribution in [3.8, 4) is 5.75 Å². The second kappa shape index (κ2) is 9.41. The number of halogens is 1. The Balaban J connectivity index is 1.49. The number of rotatable bonds is 5. The molecule has 1 atom stereocenters. The van der Waals surface area contributed by atoms with Crippen LogP contribution in [0.15, 0.2) is 100 Å². The smallest absolute Gasteiger partial charge is 0.291 e. The lowest BCUT2D eigenvalue weighted by Crippen LogP contribution is -2.52. The van der Waals surface area contributed by atoms with Gasteiger partial charge in [-0.25, -0.2) is 4.39 Å². The molecular weight excluding hydrogens is 535 g/mol. The summed E-state index contributed by atoms with van der Waals surface area (Å²) in [6, 6.07) is 25.7. The molecule has 42 heavy (non-hydrogen) atoms. The van der Waals surface area contributed by atoms with Crippen LogP contribution in [-0.2, 0) is 23.4 Å². The molecule has 0 saturated carbocycles. The summed E-state index contributed by atoms with van der Waals surface area (Å²) in [6.45, 7) is 2.21. The number of fused-ring (bicyclic) bond motifs is 5. The summed E-state index contributed by atoms with van der Waals surface area (Å²) < 4.78 is 25.7. The Morgan fingerprint density at radius 2 is 1.64 bits per heavy atom. The van der Waals surface area contributed by atoms with Gasteiger partial charge in [0.2, 0.25) is 5.76 Å². The van der Waals surface area contributed by atoms with E-state index < -0.39 is 28.6 Å². The number of benzene rings is 4. The SMILES string of the molecule is COc1ccc(CN2C(=O)c3oc4ccc(F)cc4c(=O)c3C23C(=O)N(Cc2cccc(C)c2)c2ccccc23)cc1. The maximum Gasteiger partial charge on any atom is 0.291 e. The van der Waals surface area contributed by atoms with Gasteiger partial charge in [0.15, 0.2) is 11.0 Å². The largest absolute Gasteiger partial charge is 0.497 e. The summed E-state index contributed by atoms with van der Waals surface area (Å²) >= 11 is 0. The number of aryl methyl sites for hydroxylation is 1. The third-order valence-electron chi connectivity index (χ3n) is 8.12. The van der Waals surface area contributed by atoms with E-state index in [1.54, 1.807) is 48.4 Å². The quantitative estimate of drug-likeness (QED) is 0.276. The molecule has 7 rings (SSSR count). The molecule has 8 heteroatoms. The van der Waals surface area contributed by atoms with Crippen LogP contribution in [-0.4, -0.2) is 23.8 Å². The van der Waals surface area contributed by atoms with Gasteiger partial charge in [-0.05, 0) is 54.4 Å². The lowest BCUT2D eigenvalue weighted by molar-refractivity contribution is -0.126. The third-order valence-corrected chi connectivity index (χ3v) is 8.12. The highest BCUT2D eigenvalue weighted by Gasteiger charge is 2.65. The molecule has 0 fully saturated rings. The summed E-state index contributed by atoms with van der Waals surface area (Å²) in [5.74, 6) is -1.24. The minimum atomic E-state index is -1.81. The summed E-state index contributed by atoms with van der Waals surface area (Å²) in [6.07, 6.45) is 0. The minimum Gasteiger partial charge on any atom is -0.497 e. The molecule has 0 radical (unpaired) electrons. The van der Waals surface area contributed by atoms with Crippen molar-refractivity contribution in [1.82, 2.24) is 4.90 Å². The molecule has 2 aliphatic heterocycles. The number of hydrogen-bond donors (Lipinski definition) is 0. The zero-order valence-corrected chi connectivity index (χ0v) is 22.9. The standard InChI is InChI=1S/C34H25FN2O5/c1-20-6-5-7-22(16-20)18-36-27-9-4-3-8-26(27)34(33(36)40)29-30(38)25-17-23(35)12-15-28(25)42-31(29)32(39)37(34)19-21-10-13-24(41-2)14-11-21/h3-17H,18-19H2,1-2H3. The van der Waals surface area contributed by atoms with Gasteiger partial charge >= 0.3 is 0 Å². The average molecular weight is 561 g/mol. The van der Waals surface area contributed by atoms with Gasteiger partial charge in [0.1, 0.15) is 17.1 Å². The van der Waals surface area contributed by atoms with Gasteiger partial charge in [-0.2, -0.15) is 0 Å². The molecule has 1 unspecified atom stereocenters. The fourth-order valence-electron chi connectivity index (χ4n) is 6.25. The van der Waals surface area contributed by atoms with E-state index in [2.05, 4.69) is 0 Å². The van der Waals surface area contributed by atoms with Crippen LogP contribution in [0.2, 0.25) is 0 Å². The Labute approximate surface area is 240 Å². The van der Waals surface area contributed by atoms with Crippen LogP contribution in [0, 0.1) is 12.7 Å². The van der Waals surface area contributed by atoms with Gasteiger partial charge in [0.25, 0.3) is 11.8 Å². The number of carbonyl (C=O) groups excluding carboxylic acids is 2. The van der Waals surface area contributed by atoms with E-state index in [0.29, 0.717) is 17.0 Å². The Kier molecular flexibility index (Phi) is 5.76. The van der Waals surface area contributed by atoms with Crippen LogP contribution < -0.4 is 15.1 Å². The molecule has 1 aromatic heterocycles. The molecule has 0 bridgehead atoms. The first-order valence-electron chi connectivity index (χ1n) is 13.5. The van der Waals surface area contributed by atoms with Gasteiger partial charge in [-0.15, -0.1) is 0 Å². The maximum absolute atomic E-state index is 14.9. The summed E-state index contributed by atoms with van der Waals surface area (Å²) in [5.41, 5.74) is 1.29. The first-order valence-corrected chi connectivity index (χ1v) is 13.5. The van der Waals surface area contributed by atoms with E-state index in [1.807, 2.05) is 43.3 Å². The number of methoxy groups -OCH3 is 1. The number of hydrogen-bond acceptors (Lipinski definition) is 5. The molecule has 3 heterocycles. The minimum absolute atomic E-state index is 0.00946. The van der Waals surface area contributed by atoms with Crippen molar-refractivity contribution in [2.24, 2.45) is 0 Å². The fraction of sp³-hybridized carbons (Fsp3) is 0.147. The van der Waals surface area contributed by atoms with Gasteiger partial charge in [-0.1, -0.05) is 60.2 Å². The third kappa shape index (κ3) is 3.61. The van der Waals surface area contributed by atoms with Crippen molar-refractivity contribution < 1.29 is 23.1 Å². The molecule has 4 aromatic carbocycles. The zero-order chi connectivity index (χ0) is 29.2. The van der Waals surface area contributed by atoms with Gasteiger partial charge in [-0.3, -0.25) is 14.4 Å². The summed E-state index contributed by atoms with van der Waals surface area (Å²) in [4.78, 5) is 46.4. The molecule has 0 aliphatic carbocycles. The number of anilines is 1. The Hall–Kier alpha value is -5.24. The fourth-order valence-corrected chi connectivity index (χ4v) is 6.25. The highest BCUT2D eigenvalue weighted by Crippen LogP contribution is 2.53. The van der Waals surface area contributed by atoms with Crippen molar-refractivity contribution in [3.63, 3.8) is 0 Å². The Bertz CT molecular complexity index is 1980. The summed E-state index contributed by atoms with van der Waals surface area (Å²) in [7, 11) is 1.56. The van der Waals surface area contributed by atoms with Crippen molar-refractivity contribution in [3.05, 3.63) is 141 Å². The van der Waals surface area contributed by atoms with Crippen molar-refractivity contribution in [2.75, 3.05) is 12.0 Å². The van der Waals surface area contributed by atoms with E-state index in [-0.39, 0.29) is 35.4 Å². The number of nitrogens with zero attached hydrogens (tertiary/aromatic N) is 2. The van der Waals surface area contributed by atoms with E-state index in [0.717, 1.165) is 22.8 Å². The van der Waals surface area contributed by atoms with Gasteiger partial charge < -0.3 is 19.0 Å². The molecule has 2 amide bonds. The lowest BCUT2D eigenvalue weighted by Gasteiger charge is -2.34. The number of amides is 2. The molecule has 0 saturated heterocycles. The number of ether oxygens (including phenoxy) is 1.